The molecule has 25 heavy (non-hydrogen) atoms. The van der Waals surface area contributed by atoms with Gasteiger partial charge < -0.3 is 10.0 Å². The summed E-state index contributed by atoms with van der Waals surface area (Å²) in [4.78, 5) is 14.4. The Kier molecular flexibility index (Phi) is 5.13. The number of anilines is 1. The molecule has 0 bridgehead atoms. The fourth-order valence-electron chi connectivity index (χ4n) is 2.66. The summed E-state index contributed by atoms with van der Waals surface area (Å²) in [6.07, 6.45) is -5.45. The van der Waals surface area contributed by atoms with E-state index in [2.05, 4.69) is 5.10 Å². The highest BCUT2D eigenvalue weighted by Crippen LogP contribution is 2.41. The fourth-order valence-corrected chi connectivity index (χ4v) is 2.66. The molecule has 1 N–H and O–H groups in total. The number of hydrogen-bond donors (Lipinski definition) is 1. The first kappa shape index (κ1) is 19.2. The van der Waals surface area contributed by atoms with Crippen molar-refractivity contribution in [3.05, 3.63) is 29.8 Å². The van der Waals surface area contributed by atoms with Crippen LogP contribution in [0.25, 0.3) is 0 Å². The number of rotatable bonds is 4. The lowest BCUT2D eigenvalue weighted by Gasteiger charge is -2.32. The van der Waals surface area contributed by atoms with Crippen LogP contribution in [0.4, 0.5) is 18.9 Å². The molecule has 1 amide bonds. The molecule has 1 heterocycles. The first-order chi connectivity index (χ1) is 11.5. The molecule has 0 aliphatic carbocycles. The van der Waals surface area contributed by atoms with E-state index in [1.54, 1.807) is 17.0 Å². The van der Waals surface area contributed by atoms with Crippen molar-refractivity contribution >= 4 is 17.3 Å². The molecule has 0 aromatic heterocycles. The number of hydrazone groups is 1. The molecule has 1 aromatic rings. The van der Waals surface area contributed by atoms with E-state index in [1.165, 1.54) is 12.1 Å². The maximum Gasteiger partial charge on any atom is 0.438 e. The molecule has 5 nitrogen and oxygen atoms in total. The summed E-state index contributed by atoms with van der Waals surface area (Å²) < 4.78 is 40.3. The van der Waals surface area contributed by atoms with Gasteiger partial charge in [0.05, 0.1) is 0 Å². The number of halogens is 3. The van der Waals surface area contributed by atoms with Crippen molar-refractivity contribution in [1.82, 2.24) is 5.01 Å². The zero-order valence-electron chi connectivity index (χ0n) is 14.6. The molecule has 1 aliphatic heterocycles. The molecular formula is C17H22F3N3O2. The number of nitrogens with zero attached hydrogens (tertiary/aromatic N) is 3. The largest absolute Gasteiger partial charge is 0.438 e. The van der Waals surface area contributed by atoms with Gasteiger partial charge in [0.25, 0.3) is 11.6 Å². The van der Waals surface area contributed by atoms with Gasteiger partial charge in [0.15, 0.2) is 0 Å². The number of amides is 1. The van der Waals surface area contributed by atoms with E-state index in [9.17, 15) is 23.1 Å². The molecular weight excluding hydrogens is 335 g/mol. The second-order valence-corrected chi connectivity index (χ2v) is 6.81. The van der Waals surface area contributed by atoms with Crippen LogP contribution in [0.15, 0.2) is 29.4 Å². The number of benzene rings is 1. The summed E-state index contributed by atoms with van der Waals surface area (Å²) in [5.74, 6) is -0.922. The van der Waals surface area contributed by atoms with Gasteiger partial charge in [0, 0.05) is 37.5 Å². The van der Waals surface area contributed by atoms with Gasteiger partial charge in [-0.25, -0.2) is 0 Å². The molecule has 138 valence electrons. The van der Waals surface area contributed by atoms with Gasteiger partial charge in [-0.15, -0.1) is 0 Å². The SMILES string of the molecule is CC(C)CC1=NN(C(=O)c2ccc(N(C)C)cc2)[C@@](O)(C(F)(F)F)C1. The highest BCUT2D eigenvalue weighted by molar-refractivity contribution is 5.98. The van der Waals surface area contributed by atoms with Gasteiger partial charge in [-0.1, -0.05) is 13.8 Å². The van der Waals surface area contributed by atoms with Crippen LogP contribution < -0.4 is 4.90 Å². The monoisotopic (exact) mass is 357 g/mol. The average Bonchev–Trinajstić information content (AvgIpc) is 2.83. The fraction of sp³-hybridized carbons (Fsp3) is 0.529. The minimum Gasteiger partial charge on any atom is -0.378 e. The van der Waals surface area contributed by atoms with Crippen molar-refractivity contribution in [2.75, 3.05) is 19.0 Å². The van der Waals surface area contributed by atoms with Gasteiger partial charge in [-0.2, -0.15) is 23.3 Å². The Morgan fingerprint density at radius 1 is 1.32 bits per heavy atom. The zero-order chi connectivity index (χ0) is 19.0. The first-order valence-corrected chi connectivity index (χ1v) is 7.93. The molecule has 0 radical (unpaired) electrons. The van der Waals surface area contributed by atoms with E-state index < -0.39 is 24.2 Å². The number of carbonyl (C=O) groups excluding carboxylic acids is 1. The van der Waals surface area contributed by atoms with Crippen LogP contribution in [-0.4, -0.2) is 47.7 Å². The van der Waals surface area contributed by atoms with Crippen LogP contribution >= 0.6 is 0 Å². The van der Waals surface area contributed by atoms with Crippen molar-refractivity contribution < 1.29 is 23.1 Å². The normalized spacial score (nSPS) is 20.8. The summed E-state index contributed by atoms with van der Waals surface area (Å²) in [6.45, 7) is 3.67. The molecule has 0 unspecified atom stereocenters. The van der Waals surface area contributed by atoms with E-state index in [-0.39, 0.29) is 28.6 Å². The summed E-state index contributed by atoms with van der Waals surface area (Å²) >= 11 is 0. The second kappa shape index (κ2) is 6.67. The van der Waals surface area contributed by atoms with Gasteiger partial charge in [0.1, 0.15) is 0 Å². The molecule has 1 aliphatic rings. The topological polar surface area (TPSA) is 56.1 Å². The third kappa shape index (κ3) is 3.78. The van der Waals surface area contributed by atoms with Gasteiger partial charge >= 0.3 is 6.18 Å². The van der Waals surface area contributed by atoms with Crippen molar-refractivity contribution in [3.8, 4) is 0 Å². The van der Waals surface area contributed by atoms with Crippen molar-refractivity contribution in [3.63, 3.8) is 0 Å². The third-order valence-corrected chi connectivity index (χ3v) is 3.96. The van der Waals surface area contributed by atoms with E-state index in [0.717, 1.165) is 5.69 Å². The Bertz CT molecular complexity index is 669. The Labute approximate surface area is 144 Å². The molecule has 8 heteroatoms. The Balaban J connectivity index is 2.37. The molecule has 0 spiro atoms. The standard InChI is InChI=1S/C17H22F3N3O2/c1-11(2)9-13-10-16(25,17(18,19)20)23(21-13)15(24)12-5-7-14(8-6-12)22(3)4/h5-8,11,25H,9-10H2,1-4H3/t16-/m0/s1. The summed E-state index contributed by atoms with van der Waals surface area (Å²) in [5, 5.41) is 14.2. The zero-order valence-corrected chi connectivity index (χ0v) is 14.6. The number of carbonyl (C=O) groups is 1. The molecule has 1 atom stereocenters. The summed E-state index contributed by atoms with van der Waals surface area (Å²) in [5.41, 5.74) is -2.32. The Morgan fingerprint density at radius 2 is 1.88 bits per heavy atom. The predicted octanol–water partition coefficient (Wildman–Crippen LogP) is 3.25. The van der Waals surface area contributed by atoms with Gasteiger partial charge in [-0.05, 0) is 36.6 Å². The predicted molar refractivity (Wildman–Crippen MR) is 89.5 cm³/mol. The molecule has 1 aromatic carbocycles. The maximum absolute atomic E-state index is 13.4. The lowest BCUT2D eigenvalue weighted by molar-refractivity contribution is -0.297. The van der Waals surface area contributed by atoms with Gasteiger partial charge in [0.2, 0.25) is 0 Å². The van der Waals surface area contributed by atoms with Crippen LogP contribution in [0.2, 0.25) is 0 Å². The minimum atomic E-state index is -5.01. The van der Waals surface area contributed by atoms with Crippen LogP contribution in [0.3, 0.4) is 0 Å². The van der Waals surface area contributed by atoms with Crippen LogP contribution in [-0.2, 0) is 0 Å². The molecule has 0 fully saturated rings. The molecule has 0 saturated carbocycles. The third-order valence-electron chi connectivity index (χ3n) is 3.96. The lowest BCUT2D eigenvalue weighted by atomic mass is 9.99. The van der Waals surface area contributed by atoms with Crippen LogP contribution in [0, 0.1) is 5.92 Å². The molecule has 0 saturated heterocycles. The van der Waals surface area contributed by atoms with Crippen LogP contribution in [0.1, 0.15) is 37.0 Å². The molecule has 2 rings (SSSR count). The smallest absolute Gasteiger partial charge is 0.378 e. The van der Waals surface area contributed by atoms with E-state index in [4.69, 9.17) is 0 Å². The summed E-state index contributed by atoms with van der Waals surface area (Å²) in [6, 6.07) is 6.08. The lowest BCUT2D eigenvalue weighted by Crippen LogP contribution is -2.56. The average molecular weight is 357 g/mol. The Hall–Kier alpha value is -2.09. The van der Waals surface area contributed by atoms with Crippen LogP contribution in [0.5, 0.6) is 0 Å². The van der Waals surface area contributed by atoms with E-state index in [1.807, 2.05) is 27.9 Å². The van der Waals surface area contributed by atoms with E-state index >= 15 is 0 Å². The minimum absolute atomic E-state index is 0.0304. The summed E-state index contributed by atoms with van der Waals surface area (Å²) in [7, 11) is 3.62. The number of hydrogen-bond acceptors (Lipinski definition) is 4. The van der Waals surface area contributed by atoms with Crippen molar-refractivity contribution in [1.29, 1.82) is 0 Å². The first-order valence-electron chi connectivity index (χ1n) is 7.93. The number of alkyl halides is 3. The maximum atomic E-state index is 13.4. The van der Waals surface area contributed by atoms with Gasteiger partial charge in [-0.3, -0.25) is 4.79 Å². The number of aliphatic hydroxyl groups is 1. The van der Waals surface area contributed by atoms with E-state index in [0.29, 0.717) is 0 Å². The van der Waals surface area contributed by atoms with Crippen molar-refractivity contribution in [2.45, 2.75) is 38.6 Å². The highest BCUT2D eigenvalue weighted by Gasteiger charge is 2.63. The Morgan fingerprint density at radius 3 is 2.32 bits per heavy atom. The quantitative estimate of drug-likeness (QED) is 0.900. The second-order valence-electron chi connectivity index (χ2n) is 6.81. The van der Waals surface area contributed by atoms with Crippen molar-refractivity contribution in [2.24, 2.45) is 11.0 Å². The highest BCUT2D eigenvalue weighted by atomic mass is 19.4.